The molecule has 86 valence electrons. The first-order chi connectivity index (χ1) is 8.16. The number of aryl methyl sites for hydroxylation is 2. The molecule has 4 nitrogen and oxygen atoms in total. The van der Waals surface area contributed by atoms with E-state index in [0.29, 0.717) is 11.5 Å². The fraction of sp³-hybridized carbons (Fsp3) is 0.154. The highest BCUT2D eigenvalue weighted by Gasteiger charge is 2.08. The van der Waals surface area contributed by atoms with Crippen molar-refractivity contribution >= 4 is 11.6 Å². The van der Waals surface area contributed by atoms with Crippen LogP contribution in [0.4, 0.5) is 5.69 Å². The number of anilines is 1. The van der Waals surface area contributed by atoms with Gasteiger partial charge in [-0.3, -0.25) is 4.79 Å². The Morgan fingerprint density at radius 2 is 1.94 bits per heavy atom. The second-order valence-electron chi connectivity index (χ2n) is 3.76. The second-order valence-corrected chi connectivity index (χ2v) is 3.76. The Kier molecular flexibility index (Phi) is 3.14. The van der Waals surface area contributed by atoms with Gasteiger partial charge in [0, 0.05) is 11.9 Å². The van der Waals surface area contributed by atoms with Crippen molar-refractivity contribution in [3.63, 3.8) is 0 Å². The molecular formula is C13H13N3O. The van der Waals surface area contributed by atoms with E-state index in [2.05, 4.69) is 15.3 Å². The standard InChI is InChI=1S/C13H13N3O/c1-9-5-3-4-6-11(9)16-13(17)12-7-8-14-10(2)15-12/h3-8H,1-2H3,(H,16,17). The van der Waals surface area contributed by atoms with Crippen molar-refractivity contribution in [3.8, 4) is 0 Å². The molecule has 0 radical (unpaired) electrons. The fourth-order valence-corrected chi connectivity index (χ4v) is 1.48. The number of benzene rings is 1. The third-order valence-electron chi connectivity index (χ3n) is 2.40. The van der Waals surface area contributed by atoms with Crippen LogP contribution in [0.1, 0.15) is 21.9 Å². The molecule has 0 aliphatic heterocycles. The van der Waals surface area contributed by atoms with Crippen LogP contribution < -0.4 is 5.32 Å². The Morgan fingerprint density at radius 3 is 2.65 bits per heavy atom. The Balaban J connectivity index is 2.20. The number of hydrogen-bond donors (Lipinski definition) is 1. The number of hydrogen-bond acceptors (Lipinski definition) is 3. The number of nitrogens with one attached hydrogen (secondary N) is 1. The summed E-state index contributed by atoms with van der Waals surface area (Å²) in [7, 11) is 0. The van der Waals surface area contributed by atoms with E-state index >= 15 is 0 Å². The van der Waals surface area contributed by atoms with Crippen LogP contribution in [0.25, 0.3) is 0 Å². The molecule has 0 saturated heterocycles. The van der Waals surface area contributed by atoms with Gasteiger partial charge < -0.3 is 5.32 Å². The monoisotopic (exact) mass is 227 g/mol. The maximum absolute atomic E-state index is 11.9. The number of aromatic nitrogens is 2. The van der Waals surface area contributed by atoms with E-state index in [1.807, 2.05) is 31.2 Å². The highest BCUT2D eigenvalue weighted by molar-refractivity contribution is 6.03. The number of carbonyl (C=O) groups is 1. The maximum atomic E-state index is 11.9. The molecule has 0 atom stereocenters. The van der Waals surface area contributed by atoms with Gasteiger partial charge in [0.05, 0.1) is 0 Å². The van der Waals surface area contributed by atoms with Crippen molar-refractivity contribution in [1.29, 1.82) is 0 Å². The summed E-state index contributed by atoms with van der Waals surface area (Å²) in [5, 5.41) is 2.82. The van der Waals surface area contributed by atoms with Gasteiger partial charge >= 0.3 is 0 Å². The third kappa shape index (κ3) is 2.66. The minimum atomic E-state index is -0.218. The summed E-state index contributed by atoms with van der Waals surface area (Å²) in [6.45, 7) is 3.70. The molecule has 2 aromatic rings. The Hall–Kier alpha value is -2.23. The number of para-hydroxylation sites is 1. The van der Waals surface area contributed by atoms with E-state index in [1.54, 1.807) is 19.2 Å². The maximum Gasteiger partial charge on any atom is 0.274 e. The van der Waals surface area contributed by atoms with Crippen molar-refractivity contribution in [3.05, 3.63) is 53.6 Å². The van der Waals surface area contributed by atoms with E-state index in [4.69, 9.17) is 0 Å². The average molecular weight is 227 g/mol. The second kappa shape index (κ2) is 4.74. The van der Waals surface area contributed by atoms with Crippen molar-refractivity contribution in [2.45, 2.75) is 13.8 Å². The summed E-state index contributed by atoms with van der Waals surface area (Å²) < 4.78 is 0. The van der Waals surface area contributed by atoms with Crippen molar-refractivity contribution in [2.24, 2.45) is 0 Å². The topological polar surface area (TPSA) is 54.9 Å². The number of nitrogens with zero attached hydrogens (tertiary/aromatic N) is 2. The lowest BCUT2D eigenvalue weighted by Crippen LogP contribution is -2.15. The van der Waals surface area contributed by atoms with Crippen molar-refractivity contribution in [2.75, 3.05) is 5.32 Å². The SMILES string of the molecule is Cc1nccc(C(=O)Nc2ccccc2C)n1. The highest BCUT2D eigenvalue weighted by Crippen LogP contribution is 2.13. The van der Waals surface area contributed by atoms with Crippen LogP contribution >= 0.6 is 0 Å². The van der Waals surface area contributed by atoms with E-state index < -0.39 is 0 Å². The van der Waals surface area contributed by atoms with Crippen LogP contribution in [0.15, 0.2) is 36.5 Å². The first-order valence-electron chi connectivity index (χ1n) is 5.33. The number of rotatable bonds is 2. The lowest BCUT2D eigenvalue weighted by molar-refractivity contribution is 0.102. The van der Waals surface area contributed by atoms with Crippen LogP contribution in [0.3, 0.4) is 0 Å². The zero-order chi connectivity index (χ0) is 12.3. The zero-order valence-corrected chi connectivity index (χ0v) is 9.77. The van der Waals surface area contributed by atoms with Crippen LogP contribution in [0, 0.1) is 13.8 Å². The summed E-state index contributed by atoms with van der Waals surface area (Å²) in [6.07, 6.45) is 1.58. The first-order valence-corrected chi connectivity index (χ1v) is 5.33. The van der Waals surface area contributed by atoms with Gasteiger partial charge in [-0.25, -0.2) is 9.97 Å². The molecule has 1 N–H and O–H groups in total. The van der Waals surface area contributed by atoms with Crippen molar-refractivity contribution in [1.82, 2.24) is 9.97 Å². The van der Waals surface area contributed by atoms with Gasteiger partial charge in [0.1, 0.15) is 11.5 Å². The first kappa shape index (κ1) is 11.3. The minimum Gasteiger partial charge on any atom is -0.320 e. The minimum absolute atomic E-state index is 0.218. The summed E-state index contributed by atoms with van der Waals surface area (Å²) in [5.41, 5.74) is 2.20. The summed E-state index contributed by atoms with van der Waals surface area (Å²) in [4.78, 5) is 19.9. The molecule has 1 amide bonds. The van der Waals surface area contributed by atoms with Gasteiger partial charge in [-0.2, -0.15) is 0 Å². The number of carbonyl (C=O) groups excluding carboxylic acids is 1. The van der Waals surface area contributed by atoms with Crippen LogP contribution in [-0.2, 0) is 0 Å². The molecule has 0 bridgehead atoms. The van der Waals surface area contributed by atoms with Gasteiger partial charge in [-0.1, -0.05) is 18.2 Å². The Bertz CT molecular complexity index is 552. The quantitative estimate of drug-likeness (QED) is 0.856. The lowest BCUT2D eigenvalue weighted by atomic mass is 10.2. The molecule has 0 aliphatic rings. The predicted octanol–water partition coefficient (Wildman–Crippen LogP) is 2.35. The summed E-state index contributed by atoms with van der Waals surface area (Å²) in [5.74, 6) is 0.368. The van der Waals surface area contributed by atoms with Gasteiger partial charge in [-0.15, -0.1) is 0 Å². The largest absolute Gasteiger partial charge is 0.320 e. The normalized spacial score (nSPS) is 10.0. The molecule has 17 heavy (non-hydrogen) atoms. The summed E-state index contributed by atoms with van der Waals surface area (Å²) >= 11 is 0. The molecule has 0 unspecified atom stereocenters. The van der Waals surface area contributed by atoms with E-state index in [-0.39, 0.29) is 5.91 Å². The molecule has 0 saturated carbocycles. The molecule has 2 rings (SSSR count). The van der Waals surface area contributed by atoms with E-state index in [0.717, 1.165) is 11.3 Å². The molecule has 0 spiro atoms. The Labute approximate surface area is 99.7 Å². The summed E-state index contributed by atoms with van der Waals surface area (Å²) in [6, 6.07) is 9.22. The molecule has 0 aliphatic carbocycles. The molecule has 4 heteroatoms. The molecular weight excluding hydrogens is 214 g/mol. The lowest BCUT2D eigenvalue weighted by Gasteiger charge is -2.07. The van der Waals surface area contributed by atoms with Gasteiger partial charge in [-0.05, 0) is 31.5 Å². The van der Waals surface area contributed by atoms with Gasteiger partial charge in [0.15, 0.2) is 0 Å². The Morgan fingerprint density at radius 1 is 1.18 bits per heavy atom. The molecule has 1 aromatic carbocycles. The van der Waals surface area contributed by atoms with E-state index in [1.165, 1.54) is 0 Å². The highest BCUT2D eigenvalue weighted by atomic mass is 16.1. The van der Waals surface area contributed by atoms with Crippen LogP contribution in [0.2, 0.25) is 0 Å². The molecule has 1 aromatic heterocycles. The van der Waals surface area contributed by atoms with Gasteiger partial charge in [0.2, 0.25) is 0 Å². The molecule has 1 heterocycles. The molecule has 0 fully saturated rings. The van der Waals surface area contributed by atoms with Gasteiger partial charge in [0.25, 0.3) is 5.91 Å². The number of amides is 1. The van der Waals surface area contributed by atoms with E-state index in [9.17, 15) is 4.79 Å². The van der Waals surface area contributed by atoms with Crippen molar-refractivity contribution < 1.29 is 4.79 Å². The fourth-order valence-electron chi connectivity index (χ4n) is 1.48. The zero-order valence-electron chi connectivity index (χ0n) is 9.77. The van der Waals surface area contributed by atoms with Crippen LogP contribution in [0.5, 0.6) is 0 Å². The predicted molar refractivity (Wildman–Crippen MR) is 65.9 cm³/mol. The third-order valence-corrected chi connectivity index (χ3v) is 2.40. The average Bonchev–Trinajstić information content (AvgIpc) is 2.32. The van der Waals surface area contributed by atoms with Crippen LogP contribution in [-0.4, -0.2) is 15.9 Å². The smallest absolute Gasteiger partial charge is 0.274 e.